The number of piperidine rings is 1. The molecule has 138 valence electrons. The molecule has 1 aliphatic rings. The molecule has 0 saturated carbocycles. The first-order valence-corrected chi connectivity index (χ1v) is 9.37. The molecule has 2 amide bonds. The van der Waals surface area contributed by atoms with Crippen LogP contribution in [0.15, 0.2) is 48.8 Å². The summed E-state index contributed by atoms with van der Waals surface area (Å²) in [6.45, 7) is 3.44. The molecule has 5 nitrogen and oxygen atoms in total. The molecular formula is C20H25ClN4O. The number of carbonyl (C=O) groups is 1. The second kappa shape index (κ2) is 9.01. The molecule has 1 N–H and O–H groups in total. The van der Waals surface area contributed by atoms with Crippen molar-refractivity contribution in [3.63, 3.8) is 0 Å². The number of halogens is 1. The summed E-state index contributed by atoms with van der Waals surface area (Å²) in [4.78, 5) is 20.9. The van der Waals surface area contributed by atoms with E-state index in [1.807, 2.05) is 29.3 Å². The monoisotopic (exact) mass is 372 g/mol. The van der Waals surface area contributed by atoms with E-state index in [1.165, 1.54) is 5.56 Å². The molecule has 0 bridgehead atoms. The number of urea groups is 1. The zero-order valence-corrected chi connectivity index (χ0v) is 15.8. The Balaban J connectivity index is 1.50. The zero-order chi connectivity index (χ0) is 18.4. The molecule has 1 fully saturated rings. The Morgan fingerprint density at radius 1 is 1.35 bits per heavy atom. The van der Waals surface area contributed by atoms with E-state index in [4.69, 9.17) is 11.6 Å². The van der Waals surface area contributed by atoms with E-state index in [0.717, 1.165) is 44.7 Å². The van der Waals surface area contributed by atoms with Crippen molar-refractivity contribution in [2.45, 2.75) is 19.4 Å². The van der Waals surface area contributed by atoms with Crippen molar-refractivity contribution in [1.29, 1.82) is 0 Å². The number of rotatable bonds is 5. The van der Waals surface area contributed by atoms with Gasteiger partial charge in [0.15, 0.2) is 0 Å². The Hall–Kier alpha value is -2.11. The van der Waals surface area contributed by atoms with Crippen LogP contribution in [0.25, 0.3) is 0 Å². The molecule has 2 heterocycles. The van der Waals surface area contributed by atoms with Crippen molar-refractivity contribution in [1.82, 2.24) is 14.8 Å². The lowest BCUT2D eigenvalue weighted by molar-refractivity contribution is 0.154. The normalized spacial score (nSPS) is 17.3. The summed E-state index contributed by atoms with van der Waals surface area (Å²) in [5.74, 6) is 0.487. The lowest BCUT2D eigenvalue weighted by atomic mass is 9.97. The van der Waals surface area contributed by atoms with E-state index >= 15 is 0 Å². The third-order valence-electron chi connectivity index (χ3n) is 4.65. The molecule has 0 unspecified atom stereocenters. The van der Waals surface area contributed by atoms with E-state index in [2.05, 4.69) is 28.3 Å². The number of anilines is 1. The number of nitrogens with one attached hydrogen (secondary N) is 1. The first-order valence-electron chi connectivity index (χ1n) is 8.99. The van der Waals surface area contributed by atoms with Gasteiger partial charge >= 0.3 is 6.03 Å². The molecule has 26 heavy (non-hydrogen) atoms. The van der Waals surface area contributed by atoms with Crippen LogP contribution in [0.2, 0.25) is 5.02 Å². The highest BCUT2D eigenvalue weighted by molar-refractivity contribution is 6.30. The summed E-state index contributed by atoms with van der Waals surface area (Å²) in [6, 6.07) is 11.2. The molecule has 1 atom stereocenters. The number of likely N-dealkylation sites (tertiary alicyclic amines) is 1. The van der Waals surface area contributed by atoms with Crippen molar-refractivity contribution >= 4 is 23.3 Å². The summed E-state index contributed by atoms with van der Waals surface area (Å²) in [5.41, 5.74) is 1.98. The predicted molar refractivity (Wildman–Crippen MR) is 105 cm³/mol. The molecule has 0 aliphatic carbocycles. The molecule has 2 aromatic rings. The number of hydrogen-bond acceptors (Lipinski definition) is 3. The topological polar surface area (TPSA) is 48.5 Å². The molecule has 0 radical (unpaired) electrons. The third-order valence-corrected chi connectivity index (χ3v) is 4.90. The van der Waals surface area contributed by atoms with Gasteiger partial charge in [-0.15, -0.1) is 0 Å². The number of benzene rings is 1. The van der Waals surface area contributed by atoms with Crippen molar-refractivity contribution in [3.8, 4) is 0 Å². The highest BCUT2D eigenvalue weighted by Crippen LogP contribution is 2.20. The fourth-order valence-corrected chi connectivity index (χ4v) is 3.57. The largest absolute Gasteiger partial charge is 0.324 e. The number of amides is 2. The number of pyridine rings is 1. The lowest BCUT2D eigenvalue weighted by Gasteiger charge is -2.34. The fraction of sp³-hybridized carbons (Fsp3) is 0.400. The second-order valence-corrected chi connectivity index (χ2v) is 7.39. The van der Waals surface area contributed by atoms with Crippen LogP contribution >= 0.6 is 11.6 Å². The van der Waals surface area contributed by atoms with Crippen LogP contribution in [0.3, 0.4) is 0 Å². The van der Waals surface area contributed by atoms with Crippen LogP contribution < -0.4 is 5.32 Å². The Morgan fingerprint density at radius 2 is 2.15 bits per heavy atom. The van der Waals surface area contributed by atoms with Gasteiger partial charge in [-0.05, 0) is 61.7 Å². The van der Waals surface area contributed by atoms with Crippen LogP contribution in [0, 0.1) is 5.92 Å². The van der Waals surface area contributed by atoms with Gasteiger partial charge in [-0.25, -0.2) is 4.79 Å². The van der Waals surface area contributed by atoms with Crippen molar-refractivity contribution < 1.29 is 4.79 Å². The van der Waals surface area contributed by atoms with Crippen LogP contribution in [-0.4, -0.2) is 47.5 Å². The molecule has 1 saturated heterocycles. The zero-order valence-electron chi connectivity index (χ0n) is 15.1. The maximum atomic E-state index is 12.5. The maximum Gasteiger partial charge on any atom is 0.321 e. The minimum atomic E-state index is -0.0352. The predicted octanol–water partition coefficient (Wildman–Crippen LogP) is 4.11. The summed E-state index contributed by atoms with van der Waals surface area (Å²) in [6.07, 6.45) is 5.90. The van der Waals surface area contributed by atoms with E-state index in [9.17, 15) is 4.79 Å². The molecule has 3 rings (SSSR count). The van der Waals surface area contributed by atoms with E-state index in [-0.39, 0.29) is 6.03 Å². The van der Waals surface area contributed by atoms with Crippen LogP contribution in [-0.2, 0) is 6.54 Å². The smallest absolute Gasteiger partial charge is 0.321 e. The van der Waals surface area contributed by atoms with Gasteiger partial charge in [0.2, 0.25) is 0 Å². The quantitative estimate of drug-likeness (QED) is 0.859. The summed E-state index contributed by atoms with van der Waals surface area (Å²) >= 11 is 5.89. The van der Waals surface area contributed by atoms with Crippen molar-refractivity contribution in [2.75, 3.05) is 32.0 Å². The highest BCUT2D eigenvalue weighted by Gasteiger charge is 2.24. The number of nitrogens with zero attached hydrogens (tertiary/aromatic N) is 3. The lowest BCUT2D eigenvalue weighted by Crippen LogP contribution is -2.44. The minimum Gasteiger partial charge on any atom is -0.324 e. The maximum absolute atomic E-state index is 12.5. The van der Waals surface area contributed by atoms with Crippen LogP contribution in [0.1, 0.15) is 18.4 Å². The Morgan fingerprint density at radius 3 is 2.88 bits per heavy atom. The Kier molecular flexibility index (Phi) is 6.47. The van der Waals surface area contributed by atoms with Crippen molar-refractivity contribution in [2.24, 2.45) is 5.92 Å². The van der Waals surface area contributed by atoms with Gasteiger partial charge in [0.05, 0.1) is 0 Å². The average Bonchev–Trinajstić information content (AvgIpc) is 2.64. The van der Waals surface area contributed by atoms with Gasteiger partial charge in [0.25, 0.3) is 0 Å². The summed E-state index contributed by atoms with van der Waals surface area (Å²) in [7, 11) is 2.12. The summed E-state index contributed by atoms with van der Waals surface area (Å²) < 4.78 is 0. The number of aromatic nitrogens is 1. The first-order chi connectivity index (χ1) is 12.6. The van der Waals surface area contributed by atoms with Gasteiger partial charge in [-0.1, -0.05) is 17.7 Å². The number of hydrogen-bond donors (Lipinski definition) is 1. The highest BCUT2D eigenvalue weighted by atomic mass is 35.5. The molecule has 1 aliphatic heterocycles. The van der Waals surface area contributed by atoms with Gasteiger partial charge in [0.1, 0.15) is 0 Å². The standard InChI is InChI=1S/C20H25ClN4O/c1-24(13-16-4-2-10-22-12-16)14-17-5-3-11-25(15-17)20(26)23-19-8-6-18(21)7-9-19/h2,4,6-10,12,17H,3,5,11,13-15H2,1H3,(H,23,26)/t17-/m1/s1. The average molecular weight is 373 g/mol. The van der Waals surface area contributed by atoms with Crippen LogP contribution in [0.4, 0.5) is 10.5 Å². The molecule has 6 heteroatoms. The van der Waals surface area contributed by atoms with E-state index in [1.54, 1.807) is 18.3 Å². The van der Waals surface area contributed by atoms with Crippen LogP contribution in [0.5, 0.6) is 0 Å². The molecule has 0 spiro atoms. The molecule has 1 aromatic carbocycles. The third kappa shape index (κ3) is 5.44. The van der Waals surface area contributed by atoms with Gasteiger partial charge in [-0.2, -0.15) is 0 Å². The van der Waals surface area contributed by atoms with Gasteiger partial charge < -0.3 is 15.1 Å². The van der Waals surface area contributed by atoms with E-state index < -0.39 is 0 Å². The van der Waals surface area contributed by atoms with Gasteiger partial charge in [-0.3, -0.25) is 4.98 Å². The SMILES string of the molecule is CN(Cc1cccnc1)C[C@H]1CCCN(C(=O)Nc2ccc(Cl)cc2)C1. The van der Waals surface area contributed by atoms with Gasteiger partial charge in [0, 0.05) is 49.3 Å². The Labute approximate surface area is 160 Å². The summed E-state index contributed by atoms with van der Waals surface area (Å²) in [5, 5.41) is 3.62. The molecule has 1 aromatic heterocycles. The number of carbonyl (C=O) groups excluding carboxylic acids is 1. The molecular weight excluding hydrogens is 348 g/mol. The van der Waals surface area contributed by atoms with Crippen molar-refractivity contribution in [3.05, 3.63) is 59.4 Å². The first kappa shape index (κ1) is 18.7. The Bertz CT molecular complexity index is 708. The second-order valence-electron chi connectivity index (χ2n) is 6.95. The van der Waals surface area contributed by atoms with E-state index in [0.29, 0.717) is 10.9 Å². The fourth-order valence-electron chi connectivity index (χ4n) is 3.44. The minimum absolute atomic E-state index is 0.0352.